The van der Waals surface area contributed by atoms with E-state index in [0.29, 0.717) is 30.5 Å². The van der Waals surface area contributed by atoms with Crippen molar-refractivity contribution in [2.45, 2.75) is 39.4 Å². The molecule has 9 heteroatoms. The molecule has 0 spiro atoms. The zero-order valence-electron chi connectivity index (χ0n) is 19.2. The van der Waals surface area contributed by atoms with Crippen LogP contribution < -0.4 is 5.84 Å². The minimum atomic E-state index is -0.675. The number of amides is 1. The fourth-order valence-electron chi connectivity index (χ4n) is 4.49. The molecule has 178 valence electrons. The number of nitrogen functional groups attached to an aromatic ring is 1. The molecule has 34 heavy (non-hydrogen) atoms. The number of carbonyl (C=O) groups excluding carboxylic acids is 3. The van der Waals surface area contributed by atoms with Crippen molar-refractivity contribution in [2.75, 3.05) is 18.9 Å². The summed E-state index contributed by atoms with van der Waals surface area (Å²) in [6.07, 6.45) is 1.37. The summed E-state index contributed by atoms with van der Waals surface area (Å²) in [6, 6.07) is 9.47. The van der Waals surface area contributed by atoms with Gasteiger partial charge in [0, 0.05) is 50.2 Å². The van der Waals surface area contributed by atoms with Crippen molar-refractivity contribution >= 4 is 40.0 Å². The van der Waals surface area contributed by atoms with E-state index in [1.165, 1.54) is 29.9 Å². The highest BCUT2D eigenvalue weighted by molar-refractivity contribution is 6.45. The number of nitrogens with zero attached hydrogens (tertiary/aromatic N) is 3. The van der Waals surface area contributed by atoms with E-state index in [2.05, 4.69) is 4.90 Å². The van der Waals surface area contributed by atoms with E-state index < -0.39 is 11.6 Å². The Balaban J connectivity index is 1.60. The summed E-state index contributed by atoms with van der Waals surface area (Å²) in [7, 11) is 0. The molecule has 2 heterocycles. The average Bonchev–Trinajstić information content (AvgIpc) is 3.11. The van der Waals surface area contributed by atoms with Crippen molar-refractivity contribution in [3.8, 4) is 0 Å². The number of fused-ring (bicyclic) bond motifs is 1. The first-order chi connectivity index (χ1) is 16.1. The van der Waals surface area contributed by atoms with Crippen LogP contribution >= 0.6 is 11.6 Å². The van der Waals surface area contributed by atoms with Gasteiger partial charge in [-0.05, 0) is 43.7 Å². The number of ketones is 2. The number of nitrogens with two attached hydrogens (primary N) is 1. The lowest BCUT2D eigenvalue weighted by molar-refractivity contribution is -0.113. The molecule has 0 saturated carbocycles. The number of rotatable bonds is 5. The summed E-state index contributed by atoms with van der Waals surface area (Å²) >= 11 is 6.46. The molecule has 2 aromatic carbocycles. The van der Waals surface area contributed by atoms with Crippen LogP contribution in [0.25, 0.3) is 10.9 Å². The topological polar surface area (TPSA) is 88.6 Å². The highest BCUT2D eigenvalue weighted by Gasteiger charge is 2.33. The Hall–Kier alpha value is -3.23. The predicted molar refractivity (Wildman–Crippen MR) is 129 cm³/mol. The molecule has 4 rings (SSSR count). The molecule has 0 unspecified atom stereocenters. The van der Waals surface area contributed by atoms with Crippen molar-refractivity contribution in [3.05, 3.63) is 70.1 Å². The smallest absolute Gasteiger partial charge is 0.255 e. The van der Waals surface area contributed by atoms with Crippen molar-refractivity contribution in [3.63, 3.8) is 0 Å². The van der Waals surface area contributed by atoms with E-state index in [0.717, 1.165) is 5.56 Å². The second-order valence-corrected chi connectivity index (χ2v) is 9.30. The molecular formula is C25H26ClFN4O3. The number of aromatic nitrogens is 1. The molecule has 1 amide bonds. The van der Waals surface area contributed by atoms with Crippen LogP contribution in [0.4, 0.5) is 4.39 Å². The monoisotopic (exact) mass is 484 g/mol. The SMILES string of the molecule is CC(=O)C(=O)c1cn(N)c2cc(Cl)c(C(=O)N3C[C@H](C)N(Cc4ccc(F)cc4)C[C@H]3C)cc12. The second-order valence-electron chi connectivity index (χ2n) is 8.90. The summed E-state index contributed by atoms with van der Waals surface area (Å²) in [5.74, 6) is 4.14. The van der Waals surface area contributed by atoms with Gasteiger partial charge in [0.1, 0.15) is 5.82 Å². The van der Waals surface area contributed by atoms with Crippen molar-refractivity contribution in [1.82, 2.24) is 14.5 Å². The van der Waals surface area contributed by atoms with Gasteiger partial charge in [-0.15, -0.1) is 0 Å². The average molecular weight is 485 g/mol. The van der Waals surface area contributed by atoms with Gasteiger partial charge in [-0.2, -0.15) is 0 Å². The molecule has 0 radical (unpaired) electrons. The molecule has 7 nitrogen and oxygen atoms in total. The maximum atomic E-state index is 13.5. The Morgan fingerprint density at radius 2 is 1.74 bits per heavy atom. The predicted octanol–water partition coefficient (Wildman–Crippen LogP) is 3.65. The number of piperazine rings is 1. The fourth-order valence-corrected chi connectivity index (χ4v) is 4.72. The number of hydrogen-bond acceptors (Lipinski definition) is 5. The molecule has 2 atom stereocenters. The van der Waals surface area contributed by atoms with Crippen LogP contribution in [0.3, 0.4) is 0 Å². The summed E-state index contributed by atoms with van der Waals surface area (Å²) < 4.78 is 14.5. The van der Waals surface area contributed by atoms with Gasteiger partial charge in [0.05, 0.1) is 21.7 Å². The molecule has 0 aliphatic carbocycles. The summed E-state index contributed by atoms with van der Waals surface area (Å²) in [5, 5.41) is 0.629. The summed E-state index contributed by atoms with van der Waals surface area (Å²) in [6.45, 7) is 6.97. The number of benzene rings is 2. The second kappa shape index (κ2) is 9.19. The molecular weight excluding hydrogens is 459 g/mol. The molecule has 0 bridgehead atoms. The largest absolute Gasteiger partial charge is 0.339 e. The lowest BCUT2D eigenvalue weighted by Gasteiger charge is -2.44. The van der Waals surface area contributed by atoms with Crippen molar-refractivity contribution in [2.24, 2.45) is 0 Å². The Labute approximate surface area is 201 Å². The number of hydrogen-bond donors (Lipinski definition) is 1. The summed E-state index contributed by atoms with van der Waals surface area (Å²) in [5.41, 5.74) is 1.85. The maximum Gasteiger partial charge on any atom is 0.255 e. The Kier molecular flexibility index (Phi) is 6.47. The molecule has 1 aliphatic heterocycles. The first kappa shape index (κ1) is 23.9. The molecule has 3 aromatic rings. The van der Waals surface area contributed by atoms with Gasteiger partial charge in [-0.3, -0.25) is 24.0 Å². The zero-order valence-corrected chi connectivity index (χ0v) is 20.0. The van der Waals surface area contributed by atoms with E-state index in [1.54, 1.807) is 29.2 Å². The first-order valence-electron chi connectivity index (χ1n) is 11.0. The van der Waals surface area contributed by atoms with Gasteiger partial charge in [0.25, 0.3) is 5.91 Å². The van der Waals surface area contributed by atoms with Gasteiger partial charge in [0.15, 0.2) is 5.78 Å². The highest BCUT2D eigenvalue weighted by Crippen LogP contribution is 2.30. The Bertz CT molecular complexity index is 1290. The lowest BCUT2D eigenvalue weighted by Crippen LogP contribution is -2.57. The molecule has 1 aromatic heterocycles. The van der Waals surface area contributed by atoms with E-state index in [1.807, 2.05) is 13.8 Å². The minimum absolute atomic E-state index is 0.0627. The van der Waals surface area contributed by atoms with Crippen LogP contribution in [0.15, 0.2) is 42.6 Å². The zero-order chi connectivity index (χ0) is 24.7. The third-order valence-electron chi connectivity index (χ3n) is 6.39. The highest BCUT2D eigenvalue weighted by atomic mass is 35.5. The van der Waals surface area contributed by atoms with Crippen LogP contribution in [0.2, 0.25) is 5.02 Å². The molecule has 1 saturated heterocycles. The van der Waals surface area contributed by atoms with Crippen molar-refractivity contribution < 1.29 is 18.8 Å². The van der Waals surface area contributed by atoms with E-state index in [-0.39, 0.29) is 40.0 Å². The fraction of sp³-hybridized carbons (Fsp3) is 0.320. The van der Waals surface area contributed by atoms with Gasteiger partial charge >= 0.3 is 0 Å². The third-order valence-corrected chi connectivity index (χ3v) is 6.70. The van der Waals surface area contributed by atoms with Gasteiger partial charge in [-0.1, -0.05) is 23.7 Å². The lowest BCUT2D eigenvalue weighted by atomic mass is 10.0. The van der Waals surface area contributed by atoms with Crippen molar-refractivity contribution in [1.29, 1.82) is 0 Å². The van der Waals surface area contributed by atoms with E-state index >= 15 is 0 Å². The Morgan fingerprint density at radius 3 is 2.38 bits per heavy atom. The van der Waals surface area contributed by atoms with Crippen LogP contribution in [-0.2, 0) is 11.3 Å². The van der Waals surface area contributed by atoms with Gasteiger partial charge in [0.2, 0.25) is 5.78 Å². The Morgan fingerprint density at radius 1 is 1.06 bits per heavy atom. The number of Topliss-reactive ketones (excluding diaryl/α,β-unsaturated/α-hetero) is 2. The number of carbonyl (C=O) groups is 3. The minimum Gasteiger partial charge on any atom is -0.339 e. The van der Waals surface area contributed by atoms with Crippen LogP contribution in [0, 0.1) is 5.82 Å². The van der Waals surface area contributed by atoms with Crippen LogP contribution in [-0.4, -0.2) is 57.1 Å². The quantitative estimate of drug-likeness (QED) is 0.339. The van der Waals surface area contributed by atoms with E-state index in [4.69, 9.17) is 17.4 Å². The molecule has 1 aliphatic rings. The molecule has 2 N–H and O–H groups in total. The summed E-state index contributed by atoms with van der Waals surface area (Å²) in [4.78, 5) is 41.6. The van der Waals surface area contributed by atoms with Gasteiger partial charge < -0.3 is 10.7 Å². The number of halogens is 2. The molecule has 1 fully saturated rings. The maximum absolute atomic E-state index is 13.5. The van der Waals surface area contributed by atoms with Gasteiger partial charge in [-0.25, -0.2) is 4.39 Å². The standard InChI is InChI=1S/C25H26ClFN4O3/c1-14-11-30(15(2)10-29(14)12-17-4-6-18(27)7-5-17)25(34)20-8-19-21(24(33)16(3)32)13-31(28)23(19)9-22(20)26/h4-9,13-15H,10-12,28H2,1-3H3/t14-,15+/m0/s1. The van der Waals surface area contributed by atoms with Crippen LogP contribution in [0.1, 0.15) is 47.1 Å². The first-order valence-corrected chi connectivity index (χ1v) is 11.4. The normalized spacial score (nSPS) is 18.9. The van der Waals surface area contributed by atoms with E-state index in [9.17, 15) is 18.8 Å². The third kappa shape index (κ3) is 4.43. The van der Waals surface area contributed by atoms with Crippen LogP contribution in [0.5, 0.6) is 0 Å².